The van der Waals surface area contributed by atoms with Crippen molar-refractivity contribution in [2.24, 2.45) is 5.92 Å². The van der Waals surface area contributed by atoms with Gasteiger partial charge in [0.15, 0.2) is 0 Å². The third-order valence-corrected chi connectivity index (χ3v) is 2.23. The summed E-state index contributed by atoms with van der Waals surface area (Å²) in [6.45, 7) is 5.02. The van der Waals surface area contributed by atoms with Crippen molar-refractivity contribution in [2.75, 3.05) is 13.2 Å². The fourth-order valence-electron chi connectivity index (χ4n) is 1.25. The van der Waals surface area contributed by atoms with Crippen LogP contribution in [0.15, 0.2) is 36.6 Å². The SMILES string of the molecule is CC(C)CNC(=O)C=CC=CCCCCOC=C(F)F. The molecular weight excluding hydrogens is 264 g/mol. The zero-order chi connectivity index (χ0) is 15.2. The molecule has 1 amide bonds. The van der Waals surface area contributed by atoms with E-state index in [1.54, 1.807) is 12.2 Å². The summed E-state index contributed by atoms with van der Waals surface area (Å²) in [4.78, 5) is 11.3. The summed E-state index contributed by atoms with van der Waals surface area (Å²) in [6.07, 6.45) is 7.94. The molecule has 0 bridgehead atoms. The summed E-state index contributed by atoms with van der Waals surface area (Å²) in [6, 6.07) is 0. The maximum absolute atomic E-state index is 11.6. The molecule has 0 rings (SSSR count). The Morgan fingerprint density at radius 1 is 1.25 bits per heavy atom. The van der Waals surface area contributed by atoms with Gasteiger partial charge in [0, 0.05) is 12.6 Å². The van der Waals surface area contributed by atoms with E-state index in [0.717, 1.165) is 12.8 Å². The normalized spacial score (nSPS) is 11.2. The van der Waals surface area contributed by atoms with Gasteiger partial charge in [0.25, 0.3) is 0 Å². The Hall–Kier alpha value is -1.65. The van der Waals surface area contributed by atoms with Gasteiger partial charge in [0.1, 0.15) is 6.26 Å². The van der Waals surface area contributed by atoms with Crippen molar-refractivity contribution in [3.63, 3.8) is 0 Å². The van der Waals surface area contributed by atoms with Crippen LogP contribution in [-0.4, -0.2) is 19.1 Å². The van der Waals surface area contributed by atoms with Crippen LogP contribution < -0.4 is 5.32 Å². The fraction of sp³-hybridized carbons (Fsp3) is 0.533. The lowest BCUT2D eigenvalue weighted by molar-refractivity contribution is -0.116. The summed E-state index contributed by atoms with van der Waals surface area (Å²) in [7, 11) is 0. The minimum absolute atomic E-state index is 0.100. The molecule has 5 heteroatoms. The topological polar surface area (TPSA) is 38.3 Å². The van der Waals surface area contributed by atoms with E-state index in [4.69, 9.17) is 0 Å². The molecule has 0 aliphatic heterocycles. The van der Waals surface area contributed by atoms with E-state index in [1.807, 2.05) is 19.9 Å². The second-order valence-corrected chi connectivity index (χ2v) is 4.70. The van der Waals surface area contributed by atoms with E-state index < -0.39 is 6.08 Å². The number of nitrogens with one attached hydrogen (secondary N) is 1. The van der Waals surface area contributed by atoms with Crippen LogP contribution in [0.3, 0.4) is 0 Å². The highest BCUT2D eigenvalue weighted by atomic mass is 19.3. The Kier molecular flexibility index (Phi) is 11.4. The lowest BCUT2D eigenvalue weighted by atomic mass is 10.2. The Balaban J connectivity index is 3.52. The average Bonchev–Trinajstić information content (AvgIpc) is 2.38. The molecule has 20 heavy (non-hydrogen) atoms. The summed E-state index contributed by atoms with van der Waals surface area (Å²) in [5, 5.41) is 2.77. The molecule has 114 valence electrons. The molecule has 0 spiro atoms. The van der Waals surface area contributed by atoms with Crippen LogP contribution in [-0.2, 0) is 9.53 Å². The quantitative estimate of drug-likeness (QED) is 0.287. The maximum Gasteiger partial charge on any atom is 0.304 e. The first kappa shape index (κ1) is 18.4. The number of carbonyl (C=O) groups is 1. The van der Waals surface area contributed by atoms with Gasteiger partial charge in [-0.15, -0.1) is 0 Å². The van der Waals surface area contributed by atoms with Gasteiger partial charge in [0.2, 0.25) is 5.91 Å². The molecular formula is C15H23F2NO2. The van der Waals surface area contributed by atoms with E-state index in [2.05, 4.69) is 10.1 Å². The van der Waals surface area contributed by atoms with Crippen molar-refractivity contribution in [1.29, 1.82) is 0 Å². The highest BCUT2D eigenvalue weighted by Gasteiger charge is 1.95. The van der Waals surface area contributed by atoms with Gasteiger partial charge in [0.05, 0.1) is 6.61 Å². The molecule has 0 radical (unpaired) electrons. The number of hydrogen-bond acceptors (Lipinski definition) is 2. The molecule has 0 saturated heterocycles. The standard InChI is InChI=1S/C15H23F2NO2/c1-13(2)11-18-15(19)9-7-5-3-4-6-8-10-20-12-14(16)17/h3,5,7,9,12-13H,4,6,8,10-11H2,1-2H3,(H,18,19). The second kappa shape index (κ2) is 12.4. The summed E-state index contributed by atoms with van der Waals surface area (Å²) < 4.78 is 27.8. The lowest BCUT2D eigenvalue weighted by Crippen LogP contribution is -2.25. The lowest BCUT2D eigenvalue weighted by Gasteiger charge is -2.03. The zero-order valence-corrected chi connectivity index (χ0v) is 12.1. The highest BCUT2D eigenvalue weighted by molar-refractivity contribution is 5.87. The molecule has 0 saturated carbocycles. The van der Waals surface area contributed by atoms with Crippen LogP contribution in [0, 0.1) is 5.92 Å². The van der Waals surface area contributed by atoms with E-state index >= 15 is 0 Å². The molecule has 0 aromatic heterocycles. The second-order valence-electron chi connectivity index (χ2n) is 4.70. The monoisotopic (exact) mass is 287 g/mol. The van der Waals surface area contributed by atoms with Gasteiger partial charge < -0.3 is 10.1 Å². The first-order chi connectivity index (χ1) is 9.52. The summed E-state index contributed by atoms with van der Waals surface area (Å²) >= 11 is 0. The van der Waals surface area contributed by atoms with Gasteiger partial charge in [-0.25, -0.2) is 0 Å². The number of hydrogen-bond donors (Lipinski definition) is 1. The van der Waals surface area contributed by atoms with Crippen LogP contribution >= 0.6 is 0 Å². The molecule has 0 fully saturated rings. The first-order valence-corrected chi connectivity index (χ1v) is 6.76. The average molecular weight is 287 g/mol. The van der Waals surface area contributed by atoms with Crippen molar-refractivity contribution < 1.29 is 18.3 Å². The van der Waals surface area contributed by atoms with Crippen LogP contribution in [0.4, 0.5) is 8.78 Å². The zero-order valence-electron chi connectivity index (χ0n) is 12.1. The van der Waals surface area contributed by atoms with Gasteiger partial charge in [-0.2, -0.15) is 8.78 Å². The van der Waals surface area contributed by atoms with Crippen LogP contribution in [0.2, 0.25) is 0 Å². The van der Waals surface area contributed by atoms with Crippen molar-refractivity contribution in [2.45, 2.75) is 33.1 Å². The molecule has 0 aromatic carbocycles. The van der Waals surface area contributed by atoms with Gasteiger partial charge in [-0.3, -0.25) is 4.79 Å². The largest absolute Gasteiger partial charge is 0.496 e. The molecule has 0 heterocycles. The molecule has 0 aliphatic rings. The number of rotatable bonds is 10. The van der Waals surface area contributed by atoms with Gasteiger partial charge >= 0.3 is 6.08 Å². The molecule has 0 unspecified atom stereocenters. The molecule has 0 aliphatic carbocycles. The molecule has 0 aromatic rings. The van der Waals surface area contributed by atoms with Crippen molar-refractivity contribution >= 4 is 5.91 Å². The summed E-state index contributed by atoms with van der Waals surface area (Å²) in [5.74, 6) is 0.336. The number of amides is 1. The van der Waals surface area contributed by atoms with Crippen molar-refractivity contribution in [1.82, 2.24) is 5.32 Å². The number of carbonyl (C=O) groups excluding carboxylic acids is 1. The van der Waals surface area contributed by atoms with E-state index in [1.165, 1.54) is 6.08 Å². The Morgan fingerprint density at radius 2 is 2.00 bits per heavy atom. The maximum atomic E-state index is 11.6. The number of unbranched alkanes of at least 4 members (excludes halogenated alkanes) is 2. The minimum Gasteiger partial charge on any atom is -0.496 e. The number of ether oxygens (including phenoxy) is 1. The predicted molar refractivity (Wildman–Crippen MR) is 76.2 cm³/mol. The Labute approximate surface area is 119 Å². The summed E-state index contributed by atoms with van der Waals surface area (Å²) in [5.41, 5.74) is 0. The molecule has 0 atom stereocenters. The van der Waals surface area contributed by atoms with Crippen LogP contribution in [0.1, 0.15) is 33.1 Å². The van der Waals surface area contributed by atoms with Crippen LogP contribution in [0.25, 0.3) is 0 Å². The van der Waals surface area contributed by atoms with E-state index in [9.17, 15) is 13.6 Å². The van der Waals surface area contributed by atoms with Crippen molar-refractivity contribution in [3.05, 3.63) is 36.6 Å². The number of halogens is 2. The molecule has 3 nitrogen and oxygen atoms in total. The fourth-order valence-corrected chi connectivity index (χ4v) is 1.25. The third kappa shape index (κ3) is 14.4. The molecule has 1 N–H and O–H groups in total. The first-order valence-electron chi connectivity index (χ1n) is 6.76. The van der Waals surface area contributed by atoms with E-state index in [0.29, 0.717) is 31.8 Å². The highest BCUT2D eigenvalue weighted by Crippen LogP contribution is 2.00. The Morgan fingerprint density at radius 3 is 2.65 bits per heavy atom. The van der Waals surface area contributed by atoms with Gasteiger partial charge in [-0.05, 0) is 25.2 Å². The van der Waals surface area contributed by atoms with Crippen LogP contribution in [0.5, 0.6) is 0 Å². The third-order valence-electron chi connectivity index (χ3n) is 2.23. The number of allylic oxidation sites excluding steroid dienone is 3. The predicted octanol–water partition coefficient (Wildman–Crippen LogP) is 3.80. The van der Waals surface area contributed by atoms with E-state index in [-0.39, 0.29) is 5.91 Å². The minimum atomic E-state index is -1.81. The van der Waals surface area contributed by atoms with Gasteiger partial charge in [-0.1, -0.05) is 32.1 Å². The smallest absolute Gasteiger partial charge is 0.304 e. The Bertz CT molecular complexity index is 346. The van der Waals surface area contributed by atoms with Crippen molar-refractivity contribution in [3.8, 4) is 0 Å².